The Labute approximate surface area is 105 Å². The van der Waals surface area contributed by atoms with Crippen molar-refractivity contribution < 1.29 is 4.74 Å². The van der Waals surface area contributed by atoms with Crippen LogP contribution in [0.5, 0.6) is 0 Å². The van der Waals surface area contributed by atoms with Crippen LogP contribution >= 0.6 is 15.9 Å². The van der Waals surface area contributed by atoms with Crippen molar-refractivity contribution in [2.24, 2.45) is 0 Å². The zero-order valence-corrected chi connectivity index (χ0v) is 11.5. The molecule has 16 heavy (non-hydrogen) atoms. The van der Waals surface area contributed by atoms with Crippen LogP contribution in [0.25, 0.3) is 0 Å². The molecule has 1 heterocycles. The number of methoxy groups -OCH3 is 1. The Balaban J connectivity index is 2.52. The lowest BCUT2D eigenvalue weighted by atomic mass is 10.4. The second kappa shape index (κ2) is 7.76. The third-order valence-corrected chi connectivity index (χ3v) is 2.73. The van der Waals surface area contributed by atoms with E-state index >= 15 is 0 Å². The number of nitrogens with zero attached hydrogens (tertiary/aromatic N) is 4. The Morgan fingerprint density at radius 1 is 1.50 bits per heavy atom. The van der Waals surface area contributed by atoms with Gasteiger partial charge >= 0.3 is 0 Å². The first-order valence-corrected chi connectivity index (χ1v) is 6.57. The highest BCUT2D eigenvalue weighted by Gasteiger charge is 2.09. The molecule has 0 aliphatic rings. The van der Waals surface area contributed by atoms with Crippen LogP contribution in [0.4, 0.5) is 0 Å². The minimum Gasteiger partial charge on any atom is -0.383 e. The molecule has 0 aromatic carbocycles. The lowest BCUT2D eigenvalue weighted by Gasteiger charge is -2.20. The first kappa shape index (κ1) is 13.6. The van der Waals surface area contributed by atoms with Gasteiger partial charge in [-0.25, -0.2) is 9.67 Å². The zero-order valence-electron chi connectivity index (χ0n) is 9.90. The van der Waals surface area contributed by atoms with Crippen molar-refractivity contribution in [2.75, 3.05) is 32.1 Å². The van der Waals surface area contributed by atoms with Gasteiger partial charge in [0.15, 0.2) is 0 Å². The van der Waals surface area contributed by atoms with Gasteiger partial charge in [0.05, 0.1) is 13.2 Å². The minimum atomic E-state index is 0.743. The molecule has 5 nitrogen and oxygen atoms in total. The lowest BCUT2D eigenvalue weighted by molar-refractivity contribution is 0.146. The highest BCUT2D eigenvalue weighted by atomic mass is 79.9. The zero-order chi connectivity index (χ0) is 11.8. The van der Waals surface area contributed by atoms with Gasteiger partial charge in [-0.3, -0.25) is 4.90 Å². The fourth-order valence-corrected chi connectivity index (χ4v) is 1.99. The number of aromatic nitrogens is 3. The monoisotopic (exact) mass is 290 g/mol. The molecule has 6 heteroatoms. The number of alkyl halides is 1. The second-order valence-electron chi connectivity index (χ2n) is 3.45. The van der Waals surface area contributed by atoms with E-state index in [9.17, 15) is 0 Å². The SMILES string of the molecule is CCn1ncnc1CN(CCBr)CCOC. The number of halogens is 1. The largest absolute Gasteiger partial charge is 0.383 e. The van der Waals surface area contributed by atoms with Gasteiger partial charge < -0.3 is 4.74 Å². The second-order valence-corrected chi connectivity index (χ2v) is 4.24. The molecule has 0 N–H and O–H groups in total. The van der Waals surface area contributed by atoms with Gasteiger partial charge in [-0.05, 0) is 6.92 Å². The summed E-state index contributed by atoms with van der Waals surface area (Å²) in [4.78, 5) is 6.57. The van der Waals surface area contributed by atoms with Gasteiger partial charge in [-0.2, -0.15) is 5.10 Å². The minimum absolute atomic E-state index is 0.743. The molecule has 0 fully saturated rings. The normalized spacial score (nSPS) is 11.2. The molecule has 0 atom stereocenters. The molecule has 92 valence electrons. The Bertz CT molecular complexity index is 292. The summed E-state index contributed by atoms with van der Waals surface area (Å²) in [5, 5.41) is 5.12. The Morgan fingerprint density at radius 2 is 2.31 bits per heavy atom. The van der Waals surface area contributed by atoms with Crippen LogP contribution in [-0.2, 0) is 17.8 Å². The Hall–Kier alpha value is -0.460. The van der Waals surface area contributed by atoms with Crippen molar-refractivity contribution in [3.63, 3.8) is 0 Å². The summed E-state index contributed by atoms with van der Waals surface area (Å²) in [5.74, 6) is 1.01. The standard InChI is InChI=1S/C10H19BrN4O/c1-3-15-10(12-9-13-15)8-14(5-4-11)6-7-16-2/h9H,3-8H2,1-2H3. The van der Waals surface area contributed by atoms with E-state index in [1.807, 2.05) is 4.68 Å². The van der Waals surface area contributed by atoms with E-state index in [1.54, 1.807) is 13.4 Å². The highest BCUT2D eigenvalue weighted by Crippen LogP contribution is 2.02. The topological polar surface area (TPSA) is 43.2 Å². The van der Waals surface area contributed by atoms with Gasteiger partial charge in [0.25, 0.3) is 0 Å². The Morgan fingerprint density at radius 3 is 2.94 bits per heavy atom. The summed E-state index contributed by atoms with van der Waals surface area (Å²) in [6.45, 7) is 6.40. The maximum atomic E-state index is 5.09. The molecular weight excluding hydrogens is 272 g/mol. The van der Waals surface area contributed by atoms with E-state index in [-0.39, 0.29) is 0 Å². The van der Waals surface area contributed by atoms with Crippen molar-refractivity contribution in [2.45, 2.75) is 20.0 Å². The molecule has 0 spiro atoms. The van der Waals surface area contributed by atoms with Gasteiger partial charge in [0, 0.05) is 32.1 Å². The smallest absolute Gasteiger partial charge is 0.140 e. The summed E-state index contributed by atoms with van der Waals surface area (Å²) < 4.78 is 7.02. The molecule has 0 saturated carbocycles. The number of hydrogen-bond donors (Lipinski definition) is 0. The van der Waals surface area contributed by atoms with E-state index in [2.05, 4.69) is 37.8 Å². The fraction of sp³-hybridized carbons (Fsp3) is 0.800. The predicted molar refractivity (Wildman–Crippen MR) is 66.6 cm³/mol. The average molecular weight is 291 g/mol. The van der Waals surface area contributed by atoms with Gasteiger partial charge in [-0.1, -0.05) is 15.9 Å². The summed E-state index contributed by atoms with van der Waals surface area (Å²) in [5.41, 5.74) is 0. The fourth-order valence-electron chi connectivity index (χ4n) is 1.48. The number of hydrogen-bond acceptors (Lipinski definition) is 4. The molecule has 0 unspecified atom stereocenters. The van der Waals surface area contributed by atoms with Crippen molar-refractivity contribution >= 4 is 15.9 Å². The number of rotatable bonds is 8. The van der Waals surface area contributed by atoms with Crippen LogP contribution in [0, 0.1) is 0 Å². The van der Waals surface area contributed by atoms with Gasteiger partial charge in [-0.15, -0.1) is 0 Å². The van der Waals surface area contributed by atoms with Crippen LogP contribution in [-0.4, -0.2) is 51.8 Å². The average Bonchev–Trinajstić information content (AvgIpc) is 2.73. The summed E-state index contributed by atoms with van der Waals surface area (Å²) in [7, 11) is 1.72. The molecular formula is C10H19BrN4O. The molecule has 0 amide bonds. The third kappa shape index (κ3) is 4.19. The Kier molecular flexibility index (Phi) is 6.59. The van der Waals surface area contributed by atoms with E-state index < -0.39 is 0 Å². The molecule has 1 aromatic heterocycles. The van der Waals surface area contributed by atoms with Crippen LogP contribution in [0.15, 0.2) is 6.33 Å². The van der Waals surface area contributed by atoms with E-state index in [0.717, 1.165) is 43.9 Å². The lowest BCUT2D eigenvalue weighted by Crippen LogP contribution is -2.30. The molecule has 1 rings (SSSR count). The van der Waals surface area contributed by atoms with Crippen LogP contribution in [0.1, 0.15) is 12.7 Å². The highest BCUT2D eigenvalue weighted by molar-refractivity contribution is 9.09. The first-order chi connectivity index (χ1) is 7.81. The summed E-state index contributed by atoms with van der Waals surface area (Å²) in [6.07, 6.45) is 1.61. The van der Waals surface area contributed by atoms with E-state index in [1.165, 1.54) is 0 Å². The first-order valence-electron chi connectivity index (χ1n) is 5.45. The maximum Gasteiger partial charge on any atom is 0.140 e. The summed E-state index contributed by atoms with van der Waals surface area (Å²) in [6, 6.07) is 0. The number of aryl methyl sites for hydroxylation is 1. The summed E-state index contributed by atoms with van der Waals surface area (Å²) >= 11 is 3.46. The van der Waals surface area contributed by atoms with Gasteiger partial charge in [0.1, 0.15) is 12.2 Å². The number of ether oxygens (including phenoxy) is 1. The van der Waals surface area contributed by atoms with Gasteiger partial charge in [0.2, 0.25) is 0 Å². The molecule has 0 bridgehead atoms. The van der Waals surface area contributed by atoms with Crippen LogP contribution < -0.4 is 0 Å². The molecule has 0 aliphatic carbocycles. The van der Waals surface area contributed by atoms with E-state index in [0.29, 0.717) is 0 Å². The van der Waals surface area contributed by atoms with Crippen LogP contribution in [0.3, 0.4) is 0 Å². The quantitative estimate of drug-likeness (QED) is 0.674. The van der Waals surface area contributed by atoms with Crippen molar-refractivity contribution in [3.8, 4) is 0 Å². The molecule has 0 saturated heterocycles. The van der Waals surface area contributed by atoms with Crippen LogP contribution in [0.2, 0.25) is 0 Å². The third-order valence-electron chi connectivity index (χ3n) is 2.37. The molecule has 0 aliphatic heterocycles. The molecule has 1 aromatic rings. The van der Waals surface area contributed by atoms with Crippen molar-refractivity contribution in [1.29, 1.82) is 0 Å². The van der Waals surface area contributed by atoms with Crippen molar-refractivity contribution in [1.82, 2.24) is 19.7 Å². The van der Waals surface area contributed by atoms with E-state index in [4.69, 9.17) is 4.74 Å². The van der Waals surface area contributed by atoms with Crippen molar-refractivity contribution in [3.05, 3.63) is 12.2 Å². The molecule has 0 radical (unpaired) electrons. The maximum absolute atomic E-state index is 5.09. The predicted octanol–water partition coefficient (Wildman–Crippen LogP) is 1.14.